The van der Waals surface area contributed by atoms with Gasteiger partial charge in [0, 0.05) is 11.8 Å². The van der Waals surface area contributed by atoms with Crippen LogP contribution in [0.1, 0.15) is 24.1 Å². The number of phenolic OH excluding ortho intramolecular Hbond substituents is 1. The minimum Gasteiger partial charge on any atom is -0.507 e. The Kier molecular flexibility index (Phi) is 4.79. The van der Waals surface area contributed by atoms with Crippen LogP contribution in [0.4, 0.5) is 0 Å². The maximum Gasteiger partial charge on any atom is 0.133 e. The van der Waals surface area contributed by atoms with Crippen molar-refractivity contribution in [2.45, 2.75) is 13.0 Å². The Balaban J connectivity index is 2.18. The van der Waals surface area contributed by atoms with E-state index in [9.17, 15) is 5.11 Å². The molecule has 0 fully saturated rings. The second kappa shape index (κ2) is 6.57. The summed E-state index contributed by atoms with van der Waals surface area (Å²) in [4.78, 5) is 4.48. The van der Waals surface area contributed by atoms with E-state index in [-0.39, 0.29) is 11.8 Å². The Morgan fingerprint density at radius 1 is 1.25 bits per heavy atom. The third kappa shape index (κ3) is 3.39. The van der Waals surface area contributed by atoms with Gasteiger partial charge in [-0.2, -0.15) is 0 Å². The molecular formula is C16H16BrNO2. The van der Waals surface area contributed by atoms with Gasteiger partial charge in [0.25, 0.3) is 0 Å². The lowest BCUT2D eigenvalue weighted by molar-refractivity contribution is 0.412. The SMILES string of the molecule is COc1ccc([C@H](C)N=Cc2ccccc2O)cc1Br. The minimum absolute atomic E-state index is 0.00295. The van der Waals surface area contributed by atoms with Crippen LogP contribution in [0.5, 0.6) is 11.5 Å². The average Bonchev–Trinajstić information content (AvgIpc) is 2.46. The minimum atomic E-state index is -0.00295. The Morgan fingerprint density at radius 3 is 2.65 bits per heavy atom. The Hall–Kier alpha value is -1.81. The number of phenols is 1. The van der Waals surface area contributed by atoms with Crippen LogP contribution < -0.4 is 4.74 Å². The van der Waals surface area contributed by atoms with Gasteiger partial charge in [-0.3, -0.25) is 4.99 Å². The molecule has 0 aliphatic heterocycles. The molecule has 3 nitrogen and oxygen atoms in total. The van der Waals surface area contributed by atoms with E-state index >= 15 is 0 Å². The van der Waals surface area contributed by atoms with Crippen LogP contribution in [0.15, 0.2) is 51.9 Å². The molecule has 0 aliphatic rings. The van der Waals surface area contributed by atoms with E-state index in [0.717, 1.165) is 15.8 Å². The Labute approximate surface area is 127 Å². The highest BCUT2D eigenvalue weighted by Gasteiger charge is 2.07. The largest absolute Gasteiger partial charge is 0.507 e. The summed E-state index contributed by atoms with van der Waals surface area (Å²) in [7, 11) is 1.64. The van der Waals surface area contributed by atoms with Crippen molar-refractivity contribution < 1.29 is 9.84 Å². The summed E-state index contributed by atoms with van der Waals surface area (Å²) in [5.41, 5.74) is 1.79. The zero-order valence-corrected chi connectivity index (χ0v) is 13.0. The van der Waals surface area contributed by atoms with Crippen molar-refractivity contribution in [3.63, 3.8) is 0 Å². The molecule has 2 aromatic rings. The zero-order valence-electron chi connectivity index (χ0n) is 11.4. The molecule has 20 heavy (non-hydrogen) atoms. The normalized spacial score (nSPS) is 12.6. The summed E-state index contributed by atoms with van der Waals surface area (Å²) in [6.45, 7) is 2.00. The van der Waals surface area contributed by atoms with Crippen LogP contribution in [0.2, 0.25) is 0 Å². The van der Waals surface area contributed by atoms with E-state index < -0.39 is 0 Å². The summed E-state index contributed by atoms with van der Waals surface area (Å²) < 4.78 is 6.11. The molecule has 0 spiro atoms. The first-order valence-electron chi connectivity index (χ1n) is 6.26. The van der Waals surface area contributed by atoms with E-state index in [0.29, 0.717) is 5.56 Å². The topological polar surface area (TPSA) is 41.8 Å². The highest BCUT2D eigenvalue weighted by atomic mass is 79.9. The first kappa shape index (κ1) is 14.6. The summed E-state index contributed by atoms with van der Waals surface area (Å²) in [6, 6.07) is 13.0. The molecular weight excluding hydrogens is 318 g/mol. The molecule has 0 aromatic heterocycles. The summed E-state index contributed by atoms with van der Waals surface area (Å²) in [6.07, 6.45) is 1.69. The number of hydrogen-bond donors (Lipinski definition) is 1. The quantitative estimate of drug-likeness (QED) is 0.845. The number of aliphatic imine (C=N–C) groups is 1. The number of ether oxygens (including phenoxy) is 1. The number of para-hydroxylation sites is 1. The molecule has 0 bridgehead atoms. The van der Waals surface area contributed by atoms with E-state index in [1.165, 1.54) is 0 Å². The number of aromatic hydroxyl groups is 1. The lowest BCUT2D eigenvalue weighted by Crippen LogP contribution is -1.93. The van der Waals surface area contributed by atoms with Gasteiger partial charge in [-0.1, -0.05) is 18.2 Å². The van der Waals surface area contributed by atoms with E-state index in [1.54, 1.807) is 25.5 Å². The van der Waals surface area contributed by atoms with Crippen molar-refractivity contribution in [3.8, 4) is 11.5 Å². The average molecular weight is 334 g/mol. The van der Waals surface area contributed by atoms with Gasteiger partial charge < -0.3 is 9.84 Å². The smallest absolute Gasteiger partial charge is 0.133 e. The van der Waals surface area contributed by atoms with Crippen LogP contribution in [0, 0.1) is 0 Å². The fourth-order valence-corrected chi connectivity index (χ4v) is 2.38. The fourth-order valence-electron chi connectivity index (χ4n) is 1.82. The predicted octanol–water partition coefficient (Wildman–Crippen LogP) is 4.34. The van der Waals surface area contributed by atoms with E-state index in [4.69, 9.17) is 4.74 Å². The molecule has 2 rings (SSSR count). The van der Waals surface area contributed by atoms with Gasteiger partial charge in [-0.25, -0.2) is 0 Å². The highest BCUT2D eigenvalue weighted by Crippen LogP contribution is 2.29. The third-order valence-corrected chi connectivity index (χ3v) is 3.65. The molecule has 1 atom stereocenters. The van der Waals surface area contributed by atoms with Crippen LogP contribution in [0.25, 0.3) is 0 Å². The fraction of sp³-hybridized carbons (Fsp3) is 0.188. The first-order valence-corrected chi connectivity index (χ1v) is 7.05. The van der Waals surface area contributed by atoms with Crippen LogP contribution >= 0.6 is 15.9 Å². The molecule has 0 aliphatic carbocycles. The lowest BCUT2D eigenvalue weighted by atomic mass is 10.1. The van der Waals surface area contributed by atoms with Crippen molar-refractivity contribution in [3.05, 3.63) is 58.1 Å². The summed E-state index contributed by atoms with van der Waals surface area (Å²) in [5, 5.41) is 9.69. The van der Waals surface area contributed by atoms with Crippen LogP contribution in [-0.2, 0) is 0 Å². The number of benzene rings is 2. The molecule has 0 saturated heterocycles. The molecule has 0 heterocycles. The van der Waals surface area contributed by atoms with Crippen molar-refractivity contribution in [1.29, 1.82) is 0 Å². The second-order valence-corrected chi connectivity index (χ2v) is 5.26. The van der Waals surface area contributed by atoms with Gasteiger partial charge in [-0.05, 0) is 52.7 Å². The second-order valence-electron chi connectivity index (χ2n) is 4.41. The van der Waals surface area contributed by atoms with Crippen LogP contribution in [0.3, 0.4) is 0 Å². The van der Waals surface area contributed by atoms with E-state index in [1.807, 2.05) is 37.3 Å². The maximum absolute atomic E-state index is 9.69. The molecule has 0 saturated carbocycles. The van der Waals surface area contributed by atoms with Crippen LogP contribution in [-0.4, -0.2) is 18.4 Å². The Morgan fingerprint density at radius 2 is 2.00 bits per heavy atom. The molecule has 104 valence electrons. The standard InChI is InChI=1S/C16H16BrNO2/c1-11(12-7-8-16(20-2)14(17)9-12)18-10-13-5-3-4-6-15(13)19/h3-11,19H,1-2H3/t11-/m0/s1. The van der Waals surface area contributed by atoms with Crippen molar-refractivity contribution in [2.24, 2.45) is 4.99 Å². The van der Waals surface area contributed by atoms with Gasteiger partial charge in [-0.15, -0.1) is 0 Å². The van der Waals surface area contributed by atoms with Gasteiger partial charge in [0.15, 0.2) is 0 Å². The molecule has 0 unspecified atom stereocenters. The van der Waals surface area contributed by atoms with E-state index in [2.05, 4.69) is 20.9 Å². The lowest BCUT2D eigenvalue weighted by Gasteiger charge is -2.10. The monoisotopic (exact) mass is 333 g/mol. The number of hydrogen-bond acceptors (Lipinski definition) is 3. The molecule has 2 aromatic carbocycles. The number of nitrogens with zero attached hydrogens (tertiary/aromatic N) is 1. The summed E-state index contributed by atoms with van der Waals surface area (Å²) in [5.74, 6) is 1.03. The van der Waals surface area contributed by atoms with Gasteiger partial charge in [0.1, 0.15) is 11.5 Å². The number of halogens is 1. The molecule has 0 amide bonds. The van der Waals surface area contributed by atoms with Crippen molar-refractivity contribution >= 4 is 22.1 Å². The van der Waals surface area contributed by atoms with Crippen molar-refractivity contribution in [2.75, 3.05) is 7.11 Å². The van der Waals surface area contributed by atoms with Gasteiger partial charge >= 0.3 is 0 Å². The van der Waals surface area contributed by atoms with Gasteiger partial charge in [0.05, 0.1) is 17.6 Å². The van der Waals surface area contributed by atoms with Gasteiger partial charge in [0.2, 0.25) is 0 Å². The predicted molar refractivity (Wildman–Crippen MR) is 84.8 cm³/mol. The first-order chi connectivity index (χ1) is 9.61. The Bertz CT molecular complexity index is 626. The van der Waals surface area contributed by atoms with Crippen molar-refractivity contribution in [1.82, 2.24) is 0 Å². The number of rotatable bonds is 4. The maximum atomic E-state index is 9.69. The zero-order chi connectivity index (χ0) is 14.5. The molecule has 1 N–H and O–H groups in total. The molecule has 0 radical (unpaired) electrons. The number of methoxy groups -OCH3 is 1. The third-order valence-electron chi connectivity index (χ3n) is 3.03. The molecule has 4 heteroatoms. The summed E-state index contributed by atoms with van der Waals surface area (Å²) >= 11 is 3.47. The highest BCUT2D eigenvalue weighted by molar-refractivity contribution is 9.10.